The predicted molar refractivity (Wildman–Crippen MR) is 89.9 cm³/mol. The van der Waals surface area contributed by atoms with Crippen LogP contribution in [-0.2, 0) is 11.4 Å². The number of benzene rings is 2. The van der Waals surface area contributed by atoms with E-state index in [1.165, 1.54) is 25.5 Å². The summed E-state index contributed by atoms with van der Waals surface area (Å²) in [6, 6.07) is 8.85. The number of nitrogens with one attached hydrogen (secondary N) is 1. The lowest BCUT2D eigenvalue weighted by molar-refractivity contribution is -0.123. The van der Waals surface area contributed by atoms with E-state index in [1.54, 1.807) is 18.2 Å². The van der Waals surface area contributed by atoms with Crippen molar-refractivity contribution in [3.05, 3.63) is 47.5 Å². The first-order valence-electron chi connectivity index (χ1n) is 7.28. The van der Waals surface area contributed by atoms with Crippen LogP contribution in [0.25, 0.3) is 0 Å². The molecule has 0 aliphatic heterocycles. The molecule has 0 aromatic heterocycles. The Bertz CT molecular complexity index is 776. The molecule has 0 fully saturated rings. The molecule has 132 valence electrons. The molecule has 25 heavy (non-hydrogen) atoms. The number of hydrazone groups is 1. The van der Waals surface area contributed by atoms with Crippen LogP contribution in [-0.4, -0.2) is 41.2 Å². The molecule has 0 atom stereocenters. The van der Waals surface area contributed by atoms with Crippen LogP contribution in [0.3, 0.4) is 0 Å². The topological polar surface area (TPSA) is 121 Å². The molecule has 2 aromatic rings. The molecule has 0 aliphatic carbocycles. The highest BCUT2D eigenvalue weighted by molar-refractivity contribution is 5.85. The molecule has 1 amide bonds. The monoisotopic (exact) mass is 346 g/mol. The summed E-state index contributed by atoms with van der Waals surface area (Å²) in [6.45, 7) is -0.427. The minimum Gasteiger partial charge on any atom is -0.508 e. The summed E-state index contributed by atoms with van der Waals surface area (Å²) in [5, 5.41) is 31.6. The molecule has 0 radical (unpaired) electrons. The fourth-order valence-corrected chi connectivity index (χ4v) is 1.92. The second kappa shape index (κ2) is 8.55. The highest BCUT2D eigenvalue weighted by Crippen LogP contribution is 2.28. The largest absolute Gasteiger partial charge is 0.508 e. The number of carbonyl (C=O) groups is 1. The zero-order chi connectivity index (χ0) is 18.2. The van der Waals surface area contributed by atoms with Gasteiger partial charge in [0.2, 0.25) is 0 Å². The van der Waals surface area contributed by atoms with Crippen LogP contribution >= 0.6 is 0 Å². The number of aliphatic hydroxyl groups is 1. The van der Waals surface area contributed by atoms with E-state index < -0.39 is 5.91 Å². The summed E-state index contributed by atoms with van der Waals surface area (Å²) >= 11 is 0. The molecule has 0 unspecified atom stereocenters. The maximum absolute atomic E-state index is 11.7. The minimum atomic E-state index is -0.511. The van der Waals surface area contributed by atoms with Crippen molar-refractivity contribution < 1.29 is 29.6 Å². The van der Waals surface area contributed by atoms with Crippen LogP contribution < -0.4 is 14.9 Å². The fourth-order valence-electron chi connectivity index (χ4n) is 1.92. The second-order valence-corrected chi connectivity index (χ2v) is 4.97. The van der Waals surface area contributed by atoms with Gasteiger partial charge >= 0.3 is 0 Å². The zero-order valence-corrected chi connectivity index (χ0v) is 13.5. The van der Waals surface area contributed by atoms with Gasteiger partial charge in [0, 0.05) is 11.6 Å². The Morgan fingerprint density at radius 1 is 1.20 bits per heavy atom. The first kappa shape index (κ1) is 18.1. The number of hydrogen-bond donors (Lipinski definition) is 4. The lowest BCUT2D eigenvalue weighted by Gasteiger charge is -2.10. The molecular weight excluding hydrogens is 328 g/mol. The van der Waals surface area contributed by atoms with Gasteiger partial charge in [-0.1, -0.05) is 6.07 Å². The Hall–Kier alpha value is -3.26. The quantitative estimate of drug-likeness (QED) is 0.440. The SMILES string of the molecule is COc1cc(CO)ccc1OCC(=O)NN=Cc1ccc(O)cc1O. The maximum Gasteiger partial charge on any atom is 0.277 e. The van der Waals surface area contributed by atoms with Gasteiger partial charge in [0.1, 0.15) is 11.5 Å². The van der Waals surface area contributed by atoms with Crippen LogP contribution in [0.15, 0.2) is 41.5 Å². The second-order valence-electron chi connectivity index (χ2n) is 4.97. The first-order chi connectivity index (χ1) is 12.0. The van der Waals surface area contributed by atoms with Gasteiger partial charge in [-0.15, -0.1) is 0 Å². The number of aliphatic hydroxyl groups excluding tert-OH is 1. The number of amides is 1. The lowest BCUT2D eigenvalue weighted by Crippen LogP contribution is -2.24. The summed E-state index contributed by atoms with van der Waals surface area (Å²) in [7, 11) is 1.46. The average molecular weight is 346 g/mol. The molecule has 2 aromatic carbocycles. The fraction of sp³-hybridized carbons (Fsp3) is 0.176. The van der Waals surface area contributed by atoms with Gasteiger partial charge in [0.25, 0.3) is 5.91 Å². The van der Waals surface area contributed by atoms with E-state index in [1.807, 2.05) is 0 Å². The third-order valence-electron chi connectivity index (χ3n) is 3.18. The zero-order valence-electron chi connectivity index (χ0n) is 13.5. The highest BCUT2D eigenvalue weighted by Gasteiger charge is 2.08. The van der Waals surface area contributed by atoms with E-state index in [9.17, 15) is 15.0 Å². The van der Waals surface area contributed by atoms with Crippen LogP contribution in [0, 0.1) is 0 Å². The Balaban J connectivity index is 1.89. The smallest absolute Gasteiger partial charge is 0.277 e. The van der Waals surface area contributed by atoms with Crippen LogP contribution in [0.1, 0.15) is 11.1 Å². The average Bonchev–Trinajstić information content (AvgIpc) is 2.61. The van der Waals surface area contributed by atoms with E-state index in [0.717, 1.165) is 6.07 Å². The maximum atomic E-state index is 11.7. The Kier molecular flexibility index (Phi) is 6.19. The molecule has 2 rings (SSSR count). The Morgan fingerprint density at radius 3 is 2.68 bits per heavy atom. The predicted octanol–water partition coefficient (Wildman–Crippen LogP) is 1.13. The van der Waals surface area contributed by atoms with Crippen LogP contribution in [0.5, 0.6) is 23.0 Å². The van der Waals surface area contributed by atoms with Gasteiger partial charge < -0.3 is 24.8 Å². The van der Waals surface area contributed by atoms with Gasteiger partial charge in [-0.05, 0) is 29.8 Å². The van der Waals surface area contributed by atoms with Crippen LogP contribution in [0.4, 0.5) is 0 Å². The molecule has 0 bridgehead atoms. The molecule has 8 heteroatoms. The first-order valence-corrected chi connectivity index (χ1v) is 7.28. The molecule has 8 nitrogen and oxygen atoms in total. The van der Waals surface area contributed by atoms with Gasteiger partial charge in [-0.2, -0.15) is 5.10 Å². The summed E-state index contributed by atoms with van der Waals surface area (Å²) < 4.78 is 10.5. The van der Waals surface area contributed by atoms with E-state index in [0.29, 0.717) is 22.6 Å². The van der Waals surface area contributed by atoms with Gasteiger partial charge in [-0.25, -0.2) is 5.43 Å². The number of carbonyl (C=O) groups excluding carboxylic acids is 1. The molecule has 4 N–H and O–H groups in total. The minimum absolute atomic E-state index is 0.0757. The lowest BCUT2D eigenvalue weighted by atomic mass is 10.2. The summed E-state index contributed by atoms with van der Waals surface area (Å²) in [5.74, 6) is 0.00545. The number of ether oxygens (including phenoxy) is 2. The Labute approximate surface area is 143 Å². The van der Waals surface area contributed by atoms with Crippen molar-refractivity contribution in [1.82, 2.24) is 5.43 Å². The van der Waals surface area contributed by atoms with Gasteiger partial charge in [0.05, 0.1) is 19.9 Å². The van der Waals surface area contributed by atoms with E-state index in [4.69, 9.17) is 14.6 Å². The van der Waals surface area contributed by atoms with Gasteiger partial charge in [-0.3, -0.25) is 4.79 Å². The standard InChI is InChI=1S/C17H18N2O6/c1-24-16-6-11(9-20)2-5-15(16)25-10-17(23)19-18-8-12-3-4-13(21)7-14(12)22/h2-8,20-22H,9-10H2,1H3,(H,19,23). The number of methoxy groups -OCH3 is 1. The number of phenols is 2. The number of nitrogens with zero attached hydrogens (tertiary/aromatic N) is 1. The van der Waals surface area contributed by atoms with E-state index in [2.05, 4.69) is 10.5 Å². The summed E-state index contributed by atoms with van der Waals surface area (Å²) in [6.07, 6.45) is 1.24. The number of phenolic OH excluding ortho intramolecular Hbond substituents is 2. The number of rotatable bonds is 7. The molecule has 0 heterocycles. The number of hydrogen-bond acceptors (Lipinski definition) is 7. The summed E-state index contributed by atoms with van der Waals surface area (Å²) in [5.41, 5.74) is 3.25. The van der Waals surface area contributed by atoms with Crippen LogP contribution in [0.2, 0.25) is 0 Å². The third-order valence-corrected chi connectivity index (χ3v) is 3.18. The molecular formula is C17H18N2O6. The third kappa shape index (κ3) is 5.11. The van der Waals surface area contributed by atoms with Crippen molar-refractivity contribution in [2.75, 3.05) is 13.7 Å². The van der Waals surface area contributed by atoms with Crippen molar-refractivity contribution in [1.29, 1.82) is 0 Å². The van der Waals surface area contributed by atoms with Gasteiger partial charge in [0.15, 0.2) is 18.1 Å². The molecule has 0 aliphatic rings. The van der Waals surface area contributed by atoms with Crippen molar-refractivity contribution >= 4 is 12.1 Å². The number of aromatic hydroxyl groups is 2. The van der Waals surface area contributed by atoms with E-state index >= 15 is 0 Å². The van der Waals surface area contributed by atoms with Crippen molar-refractivity contribution in [3.8, 4) is 23.0 Å². The van der Waals surface area contributed by atoms with Crippen molar-refractivity contribution in [3.63, 3.8) is 0 Å². The van der Waals surface area contributed by atoms with Crippen molar-refractivity contribution in [2.45, 2.75) is 6.61 Å². The molecule has 0 saturated heterocycles. The normalized spacial score (nSPS) is 10.6. The highest BCUT2D eigenvalue weighted by atomic mass is 16.5. The van der Waals surface area contributed by atoms with Crippen molar-refractivity contribution in [2.24, 2.45) is 5.10 Å². The van der Waals surface area contributed by atoms with E-state index in [-0.39, 0.29) is 24.7 Å². The molecule has 0 spiro atoms. The molecule has 0 saturated carbocycles. The summed E-state index contributed by atoms with van der Waals surface area (Å²) in [4.78, 5) is 11.7. The Morgan fingerprint density at radius 2 is 2.00 bits per heavy atom.